The van der Waals surface area contributed by atoms with Crippen LogP contribution >= 0.6 is 0 Å². The van der Waals surface area contributed by atoms with Gasteiger partial charge in [-0.1, -0.05) is 0 Å². The quantitative estimate of drug-likeness (QED) is 0.415. The summed E-state index contributed by atoms with van der Waals surface area (Å²) in [5.74, 6) is 2.25. The molecule has 0 aromatic carbocycles. The first kappa shape index (κ1) is 3.06. The second-order valence-corrected chi connectivity index (χ2v) is 2.47. The summed E-state index contributed by atoms with van der Waals surface area (Å²) in [5, 5.41) is 0. The molecule has 0 heteroatoms. The molecule has 0 aromatic rings. The molecule has 2 rings (SSSR count). The van der Waals surface area contributed by atoms with Crippen LogP contribution in [0.3, 0.4) is 0 Å². The predicted molar refractivity (Wildman–Crippen MR) is 25.1 cm³/mol. The molecule has 0 amide bonds. The van der Waals surface area contributed by atoms with Gasteiger partial charge in [0.25, 0.3) is 0 Å². The van der Waals surface area contributed by atoms with E-state index in [4.69, 9.17) is 0 Å². The summed E-state index contributed by atoms with van der Waals surface area (Å²) >= 11 is 0. The highest BCUT2D eigenvalue weighted by Crippen LogP contribution is 2.48. The maximum atomic E-state index is 2.45. The molecular weight excluding hydrogens is 72.1 g/mol. The van der Waals surface area contributed by atoms with Gasteiger partial charge in [-0.25, -0.2) is 0 Å². The summed E-state index contributed by atoms with van der Waals surface area (Å²) in [4.78, 5) is 0. The number of rotatable bonds is 0. The Kier molecular flexibility index (Phi) is 0.408. The fourth-order valence-corrected chi connectivity index (χ4v) is 1.35. The van der Waals surface area contributed by atoms with Gasteiger partial charge in [0.05, 0.1) is 0 Å². The van der Waals surface area contributed by atoms with E-state index in [1.165, 1.54) is 19.3 Å². The number of fused-ring (bicyclic) bond motifs is 1. The van der Waals surface area contributed by atoms with E-state index >= 15 is 0 Å². The maximum Gasteiger partial charge on any atom is -0.0349 e. The molecule has 33 valence electrons. The molecule has 1 radical (unpaired) electrons. The van der Waals surface area contributed by atoms with E-state index in [1.54, 1.807) is 0 Å². The standard InChI is InChI=1S/C6H9/c1-2-6-4-3-5(1)6/h1,5-6H,2-4H2/t5?,6-/m0/s1. The second-order valence-electron chi connectivity index (χ2n) is 2.47. The molecule has 6 heavy (non-hydrogen) atoms. The molecule has 2 aliphatic carbocycles. The van der Waals surface area contributed by atoms with Gasteiger partial charge in [0.15, 0.2) is 0 Å². The van der Waals surface area contributed by atoms with Crippen molar-refractivity contribution >= 4 is 0 Å². The number of hydrogen-bond donors (Lipinski definition) is 0. The molecule has 0 heterocycles. The van der Waals surface area contributed by atoms with Crippen LogP contribution in [0.15, 0.2) is 0 Å². The van der Waals surface area contributed by atoms with Crippen LogP contribution in [0.4, 0.5) is 0 Å². The molecule has 0 aromatic heterocycles. The molecule has 2 fully saturated rings. The van der Waals surface area contributed by atoms with E-state index in [0.717, 1.165) is 11.8 Å². The molecule has 2 saturated carbocycles. The molecule has 0 spiro atoms. The SMILES string of the molecule is [CH]1C[C@H]2CCC12. The first-order valence-electron chi connectivity index (χ1n) is 2.80. The topological polar surface area (TPSA) is 0 Å². The molecule has 2 aliphatic rings. The zero-order chi connectivity index (χ0) is 3.98. The van der Waals surface area contributed by atoms with Crippen molar-refractivity contribution in [1.29, 1.82) is 0 Å². The van der Waals surface area contributed by atoms with Crippen molar-refractivity contribution in [2.45, 2.75) is 19.3 Å². The molecule has 1 unspecified atom stereocenters. The van der Waals surface area contributed by atoms with Crippen LogP contribution in [0.5, 0.6) is 0 Å². The van der Waals surface area contributed by atoms with Crippen molar-refractivity contribution in [3.63, 3.8) is 0 Å². The van der Waals surface area contributed by atoms with Crippen molar-refractivity contribution in [2.75, 3.05) is 0 Å². The van der Waals surface area contributed by atoms with Crippen LogP contribution in [0.2, 0.25) is 0 Å². The highest BCUT2D eigenvalue weighted by Gasteiger charge is 2.38. The lowest BCUT2D eigenvalue weighted by molar-refractivity contribution is 0.125. The summed E-state index contributed by atoms with van der Waals surface area (Å²) in [6.07, 6.45) is 6.92. The van der Waals surface area contributed by atoms with Gasteiger partial charge in [0.2, 0.25) is 0 Å². The van der Waals surface area contributed by atoms with E-state index in [2.05, 4.69) is 6.42 Å². The van der Waals surface area contributed by atoms with Gasteiger partial charge in [-0.05, 0) is 37.5 Å². The summed E-state index contributed by atoms with van der Waals surface area (Å²) in [6, 6.07) is 0. The Balaban J connectivity index is 2.03. The van der Waals surface area contributed by atoms with Crippen molar-refractivity contribution < 1.29 is 0 Å². The normalized spacial score (nSPS) is 52.0. The third kappa shape index (κ3) is 0.184. The van der Waals surface area contributed by atoms with Gasteiger partial charge in [0, 0.05) is 0 Å². The van der Waals surface area contributed by atoms with E-state index in [1.807, 2.05) is 0 Å². The Morgan fingerprint density at radius 1 is 1.33 bits per heavy atom. The summed E-state index contributed by atoms with van der Waals surface area (Å²) in [7, 11) is 0. The lowest BCUT2D eigenvalue weighted by atomic mass is 9.60. The van der Waals surface area contributed by atoms with Gasteiger partial charge >= 0.3 is 0 Å². The van der Waals surface area contributed by atoms with Crippen LogP contribution in [0.1, 0.15) is 19.3 Å². The van der Waals surface area contributed by atoms with Crippen LogP contribution in [0, 0.1) is 18.3 Å². The summed E-state index contributed by atoms with van der Waals surface area (Å²) in [6.45, 7) is 0. The highest BCUT2D eigenvalue weighted by molar-refractivity contribution is 5.01. The lowest BCUT2D eigenvalue weighted by Crippen LogP contribution is -2.35. The summed E-state index contributed by atoms with van der Waals surface area (Å²) < 4.78 is 0. The lowest BCUT2D eigenvalue weighted by Gasteiger charge is -2.45. The van der Waals surface area contributed by atoms with Crippen molar-refractivity contribution in [2.24, 2.45) is 11.8 Å². The average molecular weight is 81.1 g/mol. The Bertz CT molecular complexity index is 48.4. The molecule has 2 atom stereocenters. The van der Waals surface area contributed by atoms with Gasteiger partial charge in [-0.2, -0.15) is 0 Å². The third-order valence-electron chi connectivity index (χ3n) is 2.22. The van der Waals surface area contributed by atoms with E-state index in [0.29, 0.717) is 0 Å². The Morgan fingerprint density at radius 2 is 2.17 bits per heavy atom. The molecule has 0 saturated heterocycles. The van der Waals surface area contributed by atoms with Crippen molar-refractivity contribution in [3.8, 4) is 0 Å². The molecule has 0 N–H and O–H groups in total. The molecule has 0 nitrogen and oxygen atoms in total. The van der Waals surface area contributed by atoms with Crippen molar-refractivity contribution in [3.05, 3.63) is 6.42 Å². The fraction of sp³-hybridized carbons (Fsp3) is 0.833. The Hall–Kier alpha value is 0. The van der Waals surface area contributed by atoms with Crippen LogP contribution < -0.4 is 0 Å². The van der Waals surface area contributed by atoms with Gasteiger partial charge < -0.3 is 0 Å². The molecular formula is C6H9. The van der Waals surface area contributed by atoms with E-state index in [-0.39, 0.29) is 0 Å². The fourth-order valence-electron chi connectivity index (χ4n) is 1.35. The third-order valence-corrected chi connectivity index (χ3v) is 2.22. The minimum absolute atomic E-state index is 1.09. The van der Waals surface area contributed by atoms with Crippen molar-refractivity contribution in [1.82, 2.24) is 0 Å². The maximum absolute atomic E-state index is 2.45. The van der Waals surface area contributed by atoms with E-state index in [9.17, 15) is 0 Å². The Labute approximate surface area is 38.6 Å². The first-order chi connectivity index (χ1) is 2.97. The van der Waals surface area contributed by atoms with E-state index < -0.39 is 0 Å². The zero-order valence-corrected chi connectivity index (χ0v) is 3.85. The average Bonchev–Trinajstić information content (AvgIpc) is 1.54. The highest BCUT2D eigenvalue weighted by atomic mass is 14.4. The Morgan fingerprint density at radius 3 is 2.17 bits per heavy atom. The minimum Gasteiger partial charge on any atom is -0.0499 e. The van der Waals surface area contributed by atoms with Crippen LogP contribution in [0.25, 0.3) is 0 Å². The smallest absolute Gasteiger partial charge is 0.0349 e. The van der Waals surface area contributed by atoms with Gasteiger partial charge in [0.1, 0.15) is 0 Å². The van der Waals surface area contributed by atoms with Crippen LogP contribution in [-0.2, 0) is 0 Å². The largest absolute Gasteiger partial charge is 0.0499 e. The number of hydrogen-bond acceptors (Lipinski definition) is 0. The van der Waals surface area contributed by atoms with Gasteiger partial charge in [-0.3, -0.25) is 0 Å². The summed E-state index contributed by atoms with van der Waals surface area (Å²) in [5.41, 5.74) is 0. The molecule has 0 aliphatic heterocycles. The monoisotopic (exact) mass is 81.1 g/mol. The predicted octanol–water partition coefficient (Wildman–Crippen LogP) is 1.62. The molecule has 0 bridgehead atoms. The van der Waals surface area contributed by atoms with Crippen LogP contribution in [-0.4, -0.2) is 0 Å². The van der Waals surface area contributed by atoms with Gasteiger partial charge in [-0.15, -0.1) is 0 Å². The second kappa shape index (κ2) is 0.800. The first-order valence-corrected chi connectivity index (χ1v) is 2.80. The minimum atomic E-state index is 1.09. The zero-order valence-electron chi connectivity index (χ0n) is 3.85.